The van der Waals surface area contributed by atoms with Crippen LogP contribution in [0.15, 0.2) is 47.8 Å². The van der Waals surface area contributed by atoms with Crippen LogP contribution in [-0.4, -0.2) is 21.9 Å². The number of rotatable bonds is 4. The molecule has 6 nitrogen and oxygen atoms in total. The number of carbonyl (C=O) groups excluding carboxylic acids is 1. The van der Waals surface area contributed by atoms with E-state index in [4.69, 9.17) is 10.9 Å². The molecule has 21 heavy (non-hydrogen) atoms. The third kappa shape index (κ3) is 3.56. The maximum atomic E-state index is 12.0. The van der Waals surface area contributed by atoms with Crippen molar-refractivity contribution < 1.29 is 10.0 Å². The molecule has 108 valence electrons. The first-order chi connectivity index (χ1) is 10.1. The van der Waals surface area contributed by atoms with Crippen molar-refractivity contribution in [2.75, 3.05) is 0 Å². The molecule has 1 aromatic heterocycles. The van der Waals surface area contributed by atoms with Crippen molar-refractivity contribution in [2.24, 2.45) is 10.9 Å². The number of nitrogens with zero attached hydrogens (tertiary/aromatic N) is 2. The third-order valence-electron chi connectivity index (χ3n) is 3.10. The molecule has 1 amide bonds. The molecule has 0 aliphatic heterocycles. The first-order valence-corrected chi connectivity index (χ1v) is 6.38. The Labute approximate surface area is 122 Å². The molecule has 0 saturated heterocycles. The first-order valence-electron chi connectivity index (χ1n) is 6.38. The average molecular weight is 284 g/mol. The van der Waals surface area contributed by atoms with E-state index in [9.17, 15) is 4.79 Å². The maximum absolute atomic E-state index is 12.0. The van der Waals surface area contributed by atoms with E-state index in [1.54, 1.807) is 6.07 Å². The number of hydrogen-bond acceptors (Lipinski definition) is 4. The fraction of sp³-hybridized carbons (Fsp3) is 0.133. The van der Waals surface area contributed by atoms with Gasteiger partial charge in [-0.2, -0.15) is 0 Å². The zero-order valence-corrected chi connectivity index (χ0v) is 11.6. The van der Waals surface area contributed by atoms with Crippen molar-refractivity contribution in [3.05, 3.63) is 65.0 Å². The van der Waals surface area contributed by atoms with Gasteiger partial charge in [0.25, 0.3) is 5.91 Å². The van der Waals surface area contributed by atoms with Crippen molar-refractivity contribution in [1.82, 2.24) is 10.3 Å². The Bertz CT molecular complexity index is 666. The molecular weight excluding hydrogens is 268 g/mol. The zero-order chi connectivity index (χ0) is 15.2. The molecule has 2 rings (SSSR count). The van der Waals surface area contributed by atoms with E-state index in [2.05, 4.69) is 15.5 Å². The summed E-state index contributed by atoms with van der Waals surface area (Å²) < 4.78 is 0. The molecule has 0 radical (unpaired) electrons. The number of amidine groups is 1. The number of benzene rings is 1. The lowest BCUT2D eigenvalue weighted by Crippen LogP contribution is -2.24. The van der Waals surface area contributed by atoms with Gasteiger partial charge in [-0.05, 0) is 30.2 Å². The highest BCUT2D eigenvalue weighted by Crippen LogP contribution is 2.07. The van der Waals surface area contributed by atoms with Crippen LogP contribution in [0.1, 0.15) is 27.2 Å². The molecule has 4 N–H and O–H groups in total. The number of pyridine rings is 1. The Morgan fingerprint density at radius 1 is 1.33 bits per heavy atom. The summed E-state index contributed by atoms with van der Waals surface area (Å²) in [5.41, 5.74) is 8.33. The summed E-state index contributed by atoms with van der Waals surface area (Å²) >= 11 is 0. The summed E-state index contributed by atoms with van der Waals surface area (Å²) in [6, 6.07) is 10.9. The summed E-state index contributed by atoms with van der Waals surface area (Å²) in [4.78, 5) is 16.0. The predicted octanol–water partition coefficient (Wildman–Crippen LogP) is 1.41. The minimum Gasteiger partial charge on any atom is -0.409 e. The molecule has 1 heterocycles. The number of nitrogens with two attached hydrogens (primary N) is 1. The number of amides is 1. The van der Waals surface area contributed by atoms with Crippen LogP contribution in [0.5, 0.6) is 0 Å². The largest absolute Gasteiger partial charge is 0.409 e. The Hall–Kier alpha value is -2.89. The van der Waals surface area contributed by atoms with Crippen LogP contribution in [0.25, 0.3) is 0 Å². The van der Waals surface area contributed by atoms with Crippen LogP contribution in [0, 0.1) is 6.92 Å². The van der Waals surface area contributed by atoms with Crippen LogP contribution in [-0.2, 0) is 6.54 Å². The summed E-state index contributed by atoms with van der Waals surface area (Å²) in [6.45, 7) is 2.43. The molecule has 0 fully saturated rings. The third-order valence-corrected chi connectivity index (χ3v) is 3.10. The van der Waals surface area contributed by atoms with Crippen LogP contribution >= 0.6 is 0 Å². The molecular formula is C15H16N4O2. The van der Waals surface area contributed by atoms with Crippen molar-refractivity contribution in [3.8, 4) is 0 Å². The summed E-state index contributed by atoms with van der Waals surface area (Å²) in [6.07, 6.45) is 1.39. The van der Waals surface area contributed by atoms with Gasteiger partial charge in [0.2, 0.25) is 0 Å². The number of aromatic nitrogens is 1. The molecule has 6 heteroatoms. The Morgan fingerprint density at radius 2 is 2.10 bits per heavy atom. The predicted molar refractivity (Wildman–Crippen MR) is 79.1 cm³/mol. The molecule has 0 saturated carbocycles. The maximum Gasteiger partial charge on any atom is 0.270 e. The minimum absolute atomic E-state index is 0.0469. The molecule has 0 aliphatic rings. The van der Waals surface area contributed by atoms with E-state index in [0.717, 1.165) is 11.1 Å². The Kier molecular flexibility index (Phi) is 4.50. The zero-order valence-electron chi connectivity index (χ0n) is 11.6. The van der Waals surface area contributed by atoms with Gasteiger partial charge in [0.15, 0.2) is 5.84 Å². The lowest BCUT2D eigenvalue weighted by Gasteiger charge is -2.07. The molecule has 0 unspecified atom stereocenters. The summed E-state index contributed by atoms with van der Waals surface area (Å²) in [7, 11) is 0. The van der Waals surface area contributed by atoms with Crippen LogP contribution in [0.3, 0.4) is 0 Å². The summed E-state index contributed by atoms with van der Waals surface area (Å²) in [5.74, 6) is -0.321. The molecule has 2 aromatic rings. The van der Waals surface area contributed by atoms with Crippen LogP contribution in [0.2, 0.25) is 0 Å². The molecule has 1 aromatic carbocycles. The first kappa shape index (κ1) is 14.5. The molecule has 0 spiro atoms. The molecule has 0 bridgehead atoms. The standard InChI is InChI=1S/C15H16N4O2/c1-10-4-2-3-5-11(10)8-18-15(20)13-7-6-12(9-17-13)14(16)19-21/h2-7,9,21H,8H2,1H3,(H2,16,19)(H,18,20). The number of nitrogens with one attached hydrogen (secondary N) is 1. The van der Waals surface area contributed by atoms with Gasteiger partial charge >= 0.3 is 0 Å². The molecule has 0 atom stereocenters. The highest BCUT2D eigenvalue weighted by atomic mass is 16.4. The summed E-state index contributed by atoms with van der Waals surface area (Å²) in [5, 5.41) is 14.2. The van der Waals surface area contributed by atoms with Crippen molar-refractivity contribution in [2.45, 2.75) is 13.5 Å². The van der Waals surface area contributed by atoms with Gasteiger partial charge in [-0.3, -0.25) is 9.78 Å². The second-order valence-corrected chi connectivity index (χ2v) is 4.53. The van der Waals surface area contributed by atoms with E-state index >= 15 is 0 Å². The van der Waals surface area contributed by atoms with Gasteiger partial charge in [-0.1, -0.05) is 29.4 Å². The second-order valence-electron chi connectivity index (χ2n) is 4.53. The van der Waals surface area contributed by atoms with Gasteiger partial charge < -0.3 is 16.3 Å². The van der Waals surface area contributed by atoms with Gasteiger partial charge in [0.1, 0.15) is 5.69 Å². The van der Waals surface area contributed by atoms with Gasteiger partial charge in [-0.15, -0.1) is 0 Å². The number of oxime groups is 1. The minimum atomic E-state index is -0.274. The Morgan fingerprint density at radius 3 is 2.71 bits per heavy atom. The van der Waals surface area contributed by atoms with E-state index in [0.29, 0.717) is 12.1 Å². The van der Waals surface area contributed by atoms with E-state index in [-0.39, 0.29) is 17.4 Å². The van der Waals surface area contributed by atoms with Crippen molar-refractivity contribution in [3.63, 3.8) is 0 Å². The van der Waals surface area contributed by atoms with Gasteiger partial charge in [-0.25, -0.2) is 0 Å². The highest BCUT2D eigenvalue weighted by molar-refractivity contribution is 5.98. The SMILES string of the molecule is Cc1ccccc1CNC(=O)c1ccc(C(N)=NO)cn1. The van der Waals surface area contributed by atoms with Crippen molar-refractivity contribution >= 4 is 11.7 Å². The topological polar surface area (TPSA) is 101 Å². The van der Waals surface area contributed by atoms with Gasteiger partial charge in [0, 0.05) is 18.3 Å². The van der Waals surface area contributed by atoms with E-state index < -0.39 is 0 Å². The second kappa shape index (κ2) is 6.51. The lowest BCUT2D eigenvalue weighted by molar-refractivity contribution is 0.0946. The monoisotopic (exact) mass is 284 g/mol. The smallest absolute Gasteiger partial charge is 0.270 e. The fourth-order valence-electron chi connectivity index (χ4n) is 1.81. The van der Waals surface area contributed by atoms with E-state index in [1.165, 1.54) is 12.3 Å². The average Bonchev–Trinajstić information content (AvgIpc) is 2.53. The van der Waals surface area contributed by atoms with Crippen LogP contribution < -0.4 is 11.1 Å². The quantitative estimate of drug-likeness (QED) is 0.342. The van der Waals surface area contributed by atoms with Gasteiger partial charge in [0.05, 0.1) is 0 Å². The number of hydrogen-bond donors (Lipinski definition) is 3. The van der Waals surface area contributed by atoms with Crippen LogP contribution in [0.4, 0.5) is 0 Å². The number of carbonyl (C=O) groups is 1. The van der Waals surface area contributed by atoms with Crippen molar-refractivity contribution in [1.29, 1.82) is 0 Å². The number of aryl methyl sites for hydroxylation is 1. The fourth-order valence-corrected chi connectivity index (χ4v) is 1.81. The lowest BCUT2D eigenvalue weighted by atomic mass is 10.1. The highest BCUT2D eigenvalue weighted by Gasteiger charge is 2.08. The van der Waals surface area contributed by atoms with E-state index in [1.807, 2.05) is 31.2 Å². The molecule has 0 aliphatic carbocycles. The normalized spacial score (nSPS) is 11.2. The Balaban J connectivity index is 2.02.